The number of ketones is 4. The molecule has 0 fully saturated rings. The van der Waals surface area contributed by atoms with Crippen molar-refractivity contribution in [3.63, 3.8) is 0 Å². The zero-order chi connectivity index (χ0) is 101. The van der Waals surface area contributed by atoms with Gasteiger partial charge in [0.2, 0.25) is 0 Å². The Labute approximate surface area is 896 Å². The summed E-state index contributed by atoms with van der Waals surface area (Å²) in [5.41, 5.74) is 29.0. The first kappa shape index (κ1) is 117. The van der Waals surface area contributed by atoms with E-state index in [0.717, 1.165) is 200 Å². The molecule has 30 heteroatoms. The predicted octanol–water partition coefficient (Wildman–Crippen LogP) is 30.6. The molecule has 11 heterocycles. The standard InChI is InChI=1S/C31H32ClN3O2.C28H31ClN2O3.2C27H30ClN3O2S.4H2S/c1-18-20(3)35(17-22-10-9-11-25(16-22)33-8)30-26(18)28(23-12-14-24(32)15-13-23)27(19(2)34-30)29(21(4)36)37-31(5,6)7;1-16-18(3)31(14-20-12-13-33-15-20)27-23(16)25(21-8-10-22(29)11-9-21)24(17(2)30-27)26(19(4)32)34-28(5,6)7;1-15-17(3)31(13-21-12-29-14-34-21)26-22(15)24(19-8-10-20(28)11-9-19)23(16(2)30-26)25(18(4)32)33-27(5,6)7;1-15-17(3)31(14-21-29-12-13-34-21)26-22(15)24(19-8-10-20(28)11-9-19)23(16(2)30-26)25(18(4)32)33-27(5,6)7;;;;/h9-16,29H,17H2,1-7H3;8-13,15,26H,14H2,1-7H3;8-12,14,25H,13H2,1-7H3;8-13,25H,14H2,1-7H3;4*1H2/t29-;26-;2*25-;;;;/m1111..../s1. The number of pyridine rings is 4. The van der Waals surface area contributed by atoms with Crippen LogP contribution < -0.4 is 0 Å². The molecular weight excluding hydrogens is 1990 g/mol. The van der Waals surface area contributed by atoms with Gasteiger partial charge in [0.1, 0.15) is 52.0 Å². The van der Waals surface area contributed by atoms with Gasteiger partial charge in [0.15, 0.2) is 28.8 Å². The zero-order valence-electron chi connectivity index (χ0n) is 86.6. The average molecular weight is 2120 g/mol. The number of rotatable bonds is 24. The van der Waals surface area contributed by atoms with E-state index in [1.165, 1.54) is 0 Å². The number of furan rings is 1. The van der Waals surface area contributed by atoms with E-state index in [9.17, 15) is 19.2 Å². The average Bonchev–Trinajstić information content (AvgIpc) is 1.63. The Kier molecular flexibility index (Phi) is 38.8. The molecule has 0 N–H and O–H groups in total. The molecule has 16 rings (SSSR count). The van der Waals surface area contributed by atoms with Gasteiger partial charge in [0.25, 0.3) is 0 Å². The van der Waals surface area contributed by atoms with E-state index < -0.39 is 46.8 Å². The summed E-state index contributed by atoms with van der Waals surface area (Å²) < 4.78 is 39.5. The van der Waals surface area contributed by atoms with Crippen molar-refractivity contribution in [3.8, 4) is 44.5 Å². The molecule has 0 amide bonds. The maximum absolute atomic E-state index is 13.0. The lowest BCUT2D eigenvalue weighted by Gasteiger charge is -2.29. The van der Waals surface area contributed by atoms with Crippen LogP contribution in [0, 0.1) is 89.7 Å². The first-order chi connectivity index (χ1) is 65.3. The van der Waals surface area contributed by atoms with E-state index >= 15 is 0 Å². The third kappa shape index (κ3) is 26.3. The number of aryl methyl sites for hydroxylation is 8. The molecule has 0 saturated heterocycles. The molecule has 756 valence electrons. The van der Waals surface area contributed by atoms with Gasteiger partial charge in [0.05, 0.1) is 66.6 Å². The fourth-order valence-electron chi connectivity index (χ4n) is 18.1. The highest BCUT2D eigenvalue weighted by atomic mass is 35.5. The van der Waals surface area contributed by atoms with Crippen LogP contribution >= 0.6 is 123 Å². The number of hydrogen-bond donors (Lipinski definition) is 0. The molecule has 0 radical (unpaired) electrons. The van der Waals surface area contributed by atoms with E-state index in [0.29, 0.717) is 52.0 Å². The minimum atomic E-state index is -0.763. The van der Waals surface area contributed by atoms with Crippen molar-refractivity contribution >= 4 is 196 Å². The summed E-state index contributed by atoms with van der Waals surface area (Å²) in [6.45, 7) is 64.5. The van der Waals surface area contributed by atoms with E-state index in [2.05, 4.69) is 88.5 Å². The summed E-state index contributed by atoms with van der Waals surface area (Å²) in [6.07, 6.45) is 4.20. The monoisotopic (exact) mass is 2120 g/mol. The van der Waals surface area contributed by atoms with Gasteiger partial charge in [-0.25, -0.2) is 29.8 Å². The third-order valence-corrected chi connectivity index (χ3v) is 27.3. The van der Waals surface area contributed by atoms with Crippen molar-refractivity contribution in [2.75, 3.05) is 0 Å². The van der Waals surface area contributed by atoms with Crippen LogP contribution in [0.4, 0.5) is 5.69 Å². The smallest absolute Gasteiger partial charge is 0.187 e. The second-order valence-corrected chi connectivity index (χ2v) is 43.3. The van der Waals surface area contributed by atoms with Crippen LogP contribution in [0.2, 0.25) is 20.1 Å². The second-order valence-electron chi connectivity index (χ2n) is 39.6. The van der Waals surface area contributed by atoms with Gasteiger partial charge < -0.3 is 41.6 Å². The van der Waals surface area contributed by atoms with Crippen LogP contribution in [0.25, 0.3) is 93.5 Å². The summed E-state index contributed by atoms with van der Waals surface area (Å²) in [4.78, 5) is 85.5. The number of halogens is 4. The van der Waals surface area contributed by atoms with Gasteiger partial charge in [-0.3, -0.25) is 24.2 Å². The molecule has 0 saturated carbocycles. The van der Waals surface area contributed by atoms with Crippen LogP contribution in [0.5, 0.6) is 0 Å². The van der Waals surface area contributed by atoms with Crippen LogP contribution in [0.1, 0.15) is 246 Å². The number of nitrogens with zero attached hydrogens (tertiary/aromatic N) is 11. The first-order valence-corrected chi connectivity index (χ1v) is 49.6. The van der Waals surface area contributed by atoms with Gasteiger partial charge in [-0.15, -0.1) is 22.7 Å². The Morgan fingerprint density at radius 1 is 0.399 bits per heavy atom. The lowest BCUT2D eigenvalue weighted by atomic mass is 9.90. The van der Waals surface area contributed by atoms with Crippen molar-refractivity contribution in [3.05, 3.63) is 306 Å². The van der Waals surface area contributed by atoms with Gasteiger partial charge in [-0.1, -0.05) is 119 Å². The maximum Gasteiger partial charge on any atom is 0.187 e. The van der Waals surface area contributed by atoms with Crippen molar-refractivity contribution < 1.29 is 42.5 Å². The van der Waals surface area contributed by atoms with E-state index in [4.69, 9.17) is 96.3 Å². The van der Waals surface area contributed by atoms with Gasteiger partial charge in [0, 0.05) is 166 Å². The number of carbonyl (C=O) groups is 4. The van der Waals surface area contributed by atoms with E-state index in [-0.39, 0.29) is 77.1 Å². The number of aromatic nitrogens is 10. The molecule has 16 aromatic rings. The molecule has 0 unspecified atom stereocenters. The van der Waals surface area contributed by atoms with Gasteiger partial charge >= 0.3 is 0 Å². The van der Waals surface area contributed by atoms with Gasteiger partial charge in [-0.2, -0.15) is 54.0 Å². The molecule has 0 bridgehead atoms. The molecule has 0 aliphatic rings. The highest BCUT2D eigenvalue weighted by Crippen LogP contribution is 2.49. The lowest BCUT2D eigenvalue weighted by Crippen LogP contribution is -2.27. The van der Waals surface area contributed by atoms with Crippen molar-refractivity contribution in [2.24, 2.45) is 0 Å². The normalized spacial score (nSPS) is 12.5. The SMILES string of the molecule is CC(=O)[C@@H](OC(C)(C)C)c1c(C)nc2c(c(C)c(C)n2Cc2ccoc2)c1-c1ccc(Cl)cc1.CC(=O)[C@@H](OC(C)(C)C)c1c(C)nc2c(c(C)c(C)n2Cc2cncs2)c1-c1ccc(Cl)cc1.CC(=O)[C@@H](OC(C)(C)C)c1c(C)nc2c(c(C)c(C)n2Cc2nccs2)c1-c1ccc(Cl)cc1.S.S.S.S.[C-]#[N+]c1cccc(Cn2c(C)c(C)c3c(-c4ccc(Cl)cc4)c([C@H](OC(C)(C)C)C(C)=O)c(C)nc32)c1. The maximum atomic E-state index is 13.0. The van der Waals surface area contributed by atoms with Crippen molar-refractivity contribution in [2.45, 2.75) is 267 Å². The third-order valence-electron chi connectivity index (χ3n) is 24.8. The number of Topliss-reactive ketones (excluding diaryl/α,β-unsaturated/α-hetero) is 4. The summed E-state index contributed by atoms with van der Waals surface area (Å²) in [7, 11) is 0. The largest absolute Gasteiger partial charge is 0.472 e. The molecular formula is C113H131Cl4N11O9S6. The zero-order valence-corrected chi connectivity index (χ0v) is 95.3. The quantitative estimate of drug-likeness (QED) is 0.0514. The summed E-state index contributed by atoms with van der Waals surface area (Å²) >= 11 is 28.2. The Hall–Kier alpha value is -10.0. The lowest BCUT2D eigenvalue weighted by molar-refractivity contribution is -0.139. The number of carbonyl (C=O) groups excluding carboxylic acids is 4. The minimum absolute atomic E-state index is 0. The molecule has 20 nitrogen and oxygen atoms in total. The summed E-state index contributed by atoms with van der Waals surface area (Å²) in [6, 6.07) is 40.6. The summed E-state index contributed by atoms with van der Waals surface area (Å²) in [5, 5.41) is 9.72. The highest BCUT2D eigenvalue weighted by Gasteiger charge is 2.39. The molecule has 5 aromatic carbocycles. The fraction of sp³-hybridized carbons (Fsp3) is 0.354. The molecule has 143 heavy (non-hydrogen) atoms. The molecule has 4 atom stereocenters. The van der Waals surface area contributed by atoms with Crippen LogP contribution in [-0.2, 0) is 64.3 Å². The minimum Gasteiger partial charge on any atom is -0.472 e. The molecule has 11 aromatic heterocycles. The molecule has 0 aliphatic carbocycles. The number of thiazole rings is 2. The predicted molar refractivity (Wildman–Crippen MR) is 608 cm³/mol. The van der Waals surface area contributed by atoms with Crippen LogP contribution in [0.3, 0.4) is 0 Å². The Morgan fingerprint density at radius 2 is 0.692 bits per heavy atom. The number of ether oxygens (including phenoxy) is 4. The Bertz CT molecular complexity index is 6840. The Balaban J connectivity index is 0.000000211. The van der Waals surface area contributed by atoms with Crippen molar-refractivity contribution in [1.29, 1.82) is 0 Å². The Morgan fingerprint density at radius 3 is 0.944 bits per heavy atom. The first-order valence-electron chi connectivity index (χ1n) is 46.3. The summed E-state index contributed by atoms with van der Waals surface area (Å²) in [5.74, 6) is -0.223. The topological polar surface area (TPSA) is 220 Å². The number of benzene rings is 5. The number of fused-ring (bicyclic) bond motifs is 4. The van der Waals surface area contributed by atoms with Crippen LogP contribution in [-0.4, -0.2) is 93.7 Å². The highest BCUT2D eigenvalue weighted by molar-refractivity contribution is 7.59. The number of hydrogen-bond acceptors (Lipinski definition) is 17. The molecule has 0 spiro atoms. The fourth-order valence-corrected chi connectivity index (χ4v) is 19.8. The second kappa shape index (κ2) is 47.6. The van der Waals surface area contributed by atoms with Crippen molar-refractivity contribution in [1.82, 2.24) is 48.2 Å². The molecule has 0 aliphatic heterocycles. The van der Waals surface area contributed by atoms with Gasteiger partial charge in [-0.05, 0) is 299 Å². The van der Waals surface area contributed by atoms with E-state index in [1.807, 2.05) is 261 Å². The van der Waals surface area contributed by atoms with E-state index in [1.54, 1.807) is 62.9 Å². The van der Waals surface area contributed by atoms with Crippen LogP contribution in [0.15, 0.2) is 168 Å².